The third-order valence-corrected chi connectivity index (χ3v) is 2.39. The number of benzene rings is 2. The summed E-state index contributed by atoms with van der Waals surface area (Å²) in [6, 6.07) is 15.5. The SMILES string of the molecule is CCCCOc1[c-]c2ccccc2cc1.[Br-].[Mg+2]. The smallest absolute Gasteiger partial charge is 1.00 e. The van der Waals surface area contributed by atoms with Crippen LogP contribution in [0.2, 0.25) is 0 Å². The number of ether oxygens (including phenoxy) is 1. The van der Waals surface area contributed by atoms with E-state index in [2.05, 4.69) is 31.2 Å². The van der Waals surface area contributed by atoms with Crippen LogP contribution in [0.4, 0.5) is 0 Å². The van der Waals surface area contributed by atoms with Gasteiger partial charge in [0, 0.05) is 5.75 Å². The number of halogens is 1. The maximum absolute atomic E-state index is 5.60. The number of unbranched alkanes of at least 4 members (excludes halogenated alkanes) is 1. The van der Waals surface area contributed by atoms with Gasteiger partial charge in [0.1, 0.15) is 0 Å². The first-order valence-electron chi connectivity index (χ1n) is 5.44. The van der Waals surface area contributed by atoms with Crippen molar-refractivity contribution in [2.45, 2.75) is 19.8 Å². The second-order valence-corrected chi connectivity index (χ2v) is 3.61. The van der Waals surface area contributed by atoms with E-state index in [-0.39, 0.29) is 40.0 Å². The molecular weight excluding hydrogens is 288 g/mol. The van der Waals surface area contributed by atoms with Gasteiger partial charge >= 0.3 is 23.1 Å². The first-order chi connectivity index (χ1) is 7.40. The summed E-state index contributed by atoms with van der Waals surface area (Å²) in [5, 5.41) is 2.33. The average Bonchev–Trinajstić information content (AvgIpc) is 2.29. The molecule has 0 saturated heterocycles. The van der Waals surface area contributed by atoms with Crippen LogP contribution in [-0.4, -0.2) is 29.7 Å². The largest absolute Gasteiger partial charge is 2.00 e. The van der Waals surface area contributed by atoms with Crippen molar-refractivity contribution < 1.29 is 21.7 Å². The zero-order chi connectivity index (χ0) is 10.5. The van der Waals surface area contributed by atoms with Gasteiger partial charge in [-0.3, -0.25) is 0 Å². The molecule has 86 valence electrons. The van der Waals surface area contributed by atoms with Gasteiger partial charge in [0.05, 0.1) is 6.61 Å². The Morgan fingerprint density at radius 1 is 1.12 bits per heavy atom. The Bertz CT molecular complexity index is 445. The van der Waals surface area contributed by atoms with Gasteiger partial charge in [-0.1, -0.05) is 31.5 Å². The molecule has 17 heavy (non-hydrogen) atoms. The van der Waals surface area contributed by atoms with E-state index >= 15 is 0 Å². The second kappa shape index (κ2) is 8.78. The normalized spacial score (nSPS) is 9.24. The maximum atomic E-state index is 5.60. The quantitative estimate of drug-likeness (QED) is 0.452. The maximum Gasteiger partial charge on any atom is 2.00 e. The molecule has 0 heterocycles. The molecule has 2 aromatic rings. The van der Waals surface area contributed by atoms with Gasteiger partial charge in [0.25, 0.3) is 0 Å². The minimum Gasteiger partial charge on any atom is -1.00 e. The van der Waals surface area contributed by atoms with Crippen LogP contribution in [-0.2, 0) is 0 Å². The summed E-state index contributed by atoms with van der Waals surface area (Å²) < 4.78 is 5.60. The van der Waals surface area contributed by atoms with Gasteiger partial charge in [-0.2, -0.15) is 0 Å². The Balaban J connectivity index is 0.00000128. The molecular formula is C14H15BrMgO. The van der Waals surface area contributed by atoms with E-state index in [0.29, 0.717) is 0 Å². The van der Waals surface area contributed by atoms with Crippen LogP contribution in [0.3, 0.4) is 0 Å². The van der Waals surface area contributed by atoms with Gasteiger partial charge in [0.2, 0.25) is 0 Å². The fraction of sp³-hybridized carbons (Fsp3) is 0.286. The van der Waals surface area contributed by atoms with Crippen molar-refractivity contribution in [1.82, 2.24) is 0 Å². The number of hydrogen-bond donors (Lipinski definition) is 0. The molecule has 0 saturated carbocycles. The van der Waals surface area contributed by atoms with Crippen molar-refractivity contribution in [3.8, 4) is 5.75 Å². The van der Waals surface area contributed by atoms with E-state index in [1.165, 1.54) is 5.39 Å². The molecule has 0 aliphatic rings. The van der Waals surface area contributed by atoms with Crippen LogP contribution in [0.15, 0.2) is 36.4 Å². The minimum atomic E-state index is 0. The minimum absolute atomic E-state index is 0. The topological polar surface area (TPSA) is 9.23 Å². The summed E-state index contributed by atoms with van der Waals surface area (Å²) in [7, 11) is 0. The predicted molar refractivity (Wildman–Crippen MR) is 68.9 cm³/mol. The van der Waals surface area contributed by atoms with Crippen molar-refractivity contribution in [3.05, 3.63) is 42.5 Å². The molecule has 0 radical (unpaired) electrons. The fourth-order valence-electron chi connectivity index (χ4n) is 1.51. The van der Waals surface area contributed by atoms with Crippen LogP contribution < -0.4 is 21.7 Å². The summed E-state index contributed by atoms with van der Waals surface area (Å²) in [6.07, 6.45) is 2.26. The van der Waals surface area contributed by atoms with Gasteiger partial charge in [-0.25, -0.2) is 0 Å². The van der Waals surface area contributed by atoms with E-state index < -0.39 is 0 Å². The van der Waals surface area contributed by atoms with E-state index in [0.717, 1.165) is 30.6 Å². The molecule has 0 aromatic heterocycles. The molecule has 0 spiro atoms. The molecule has 0 aliphatic heterocycles. The number of fused-ring (bicyclic) bond motifs is 1. The Morgan fingerprint density at radius 2 is 1.88 bits per heavy atom. The molecule has 3 heteroatoms. The average molecular weight is 303 g/mol. The molecule has 0 bridgehead atoms. The van der Waals surface area contributed by atoms with Gasteiger partial charge in [-0.05, 0) is 6.42 Å². The van der Waals surface area contributed by atoms with Crippen molar-refractivity contribution in [3.63, 3.8) is 0 Å². The van der Waals surface area contributed by atoms with Crippen molar-refractivity contribution in [2.24, 2.45) is 0 Å². The first kappa shape index (κ1) is 16.7. The molecule has 0 atom stereocenters. The van der Waals surface area contributed by atoms with Gasteiger partial charge < -0.3 is 21.7 Å². The number of hydrogen-bond acceptors (Lipinski definition) is 1. The summed E-state index contributed by atoms with van der Waals surface area (Å²) in [6.45, 7) is 2.94. The number of rotatable bonds is 4. The summed E-state index contributed by atoms with van der Waals surface area (Å²) in [5.74, 6) is 0.849. The van der Waals surface area contributed by atoms with Crippen LogP contribution in [0, 0.1) is 6.07 Å². The molecule has 0 fully saturated rings. The predicted octanol–water partition coefficient (Wildman–Crippen LogP) is 0.442. The second-order valence-electron chi connectivity index (χ2n) is 3.61. The zero-order valence-corrected chi connectivity index (χ0v) is 13.1. The van der Waals surface area contributed by atoms with Crippen LogP contribution in [0.1, 0.15) is 19.8 Å². The Morgan fingerprint density at radius 3 is 2.65 bits per heavy atom. The summed E-state index contributed by atoms with van der Waals surface area (Å²) in [5.41, 5.74) is 0. The Kier molecular flexibility index (Phi) is 8.65. The summed E-state index contributed by atoms with van der Waals surface area (Å²) in [4.78, 5) is 0. The monoisotopic (exact) mass is 302 g/mol. The van der Waals surface area contributed by atoms with Crippen LogP contribution in [0.5, 0.6) is 5.75 Å². The van der Waals surface area contributed by atoms with Crippen molar-refractivity contribution in [2.75, 3.05) is 6.61 Å². The Hall–Kier alpha value is -0.254. The zero-order valence-electron chi connectivity index (χ0n) is 10.1. The molecule has 0 unspecified atom stereocenters. The van der Waals surface area contributed by atoms with Crippen LogP contribution in [0.25, 0.3) is 10.8 Å². The molecule has 2 rings (SSSR count). The van der Waals surface area contributed by atoms with Gasteiger partial charge in [-0.15, -0.1) is 35.0 Å². The van der Waals surface area contributed by atoms with Crippen molar-refractivity contribution >= 4 is 33.8 Å². The van der Waals surface area contributed by atoms with E-state index in [1.807, 2.05) is 18.2 Å². The standard InChI is InChI=1S/C14H15O.BrH.Mg/c1-2-3-10-15-14-9-8-12-6-4-5-7-13(12)11-14;;/h4-9H,2-3,10H2,1H3;1H;/q-1;;+2/p-1. The third kappa shape index (κ3) is 4.86. The van der Waals surface area contributed by atoms with E-state index in [9.17, 15) is 0 Å². The third-order valence-electron chi connectivity index (χ3n) is 2.39. The van der Waals surface area contributed by atoms with E-state index in [1.54, 1.807) is 0 Å². The molecule has 0 amide bonds. The molecule has 1 nitrogen and oxygen atoms in total. The van der Waals surface area contributed by atoms with Crippen molar-refractivity contribution in [1.29, 1.82) is 0 Å². The van der Waals surface area contributed by atoms with Crippen LogP contribution >= 0.6 is 0 Å². The molecule has 2 aromatic carbocycles. The molecule has 0 N–H and O–H groups in total. The summed E-state index contributed by atoms with van der Waals surface area (Å²) >= 11 is 0. The Labute approximate surface area is 129 Å². The van der Waals surface area contributed by atoms with E-state index in [4.69, 9.17) is 4.74 Å². The van der Waals surface area contributed by atoms with Gasteiger partial charge in [0.15, 0.2) is 0 Å². The fourth-order valence-corrected chi connectivity index (χ4v) is 1.51. The first-order valence-corrected chi connectivity index (χ1v) is 5.44. The molecule has 0 aliphatic carbocycles.